The Bertz CT molecular complexity index is 909. The molecule has 3 rings (SSSR count). The molecule has 1 amide bonds. The van der Waals surface area contributed by atoms with Crippen LogP contribution in [-0.2, 0) is 17.6 Å². The van der Waals surface area contributed by atoms with Gasteiger partial charge in [0.25, 0.3) is 0 Å². The maximum Gasteiger partial charge on any atom is 0.234 e. The minimum atomic E-state index is -0.208. The van der Waals surface area contributed by atoms with Gasteiger partial charge in [0.05, 0.1) is 22.0 Å². The van der Waals surface area contributed by atoms with Crippen LogP contribution in [-0.4, -0.2) is 16.6 Å². The zero-order chi connectivity index (χ0) is 18.7. The van der Waals surface area contributed by atoms with E-state index in [2.05, 4.69) is 16.4 Å². The van der Waals surface area contributed by atoms with Crippen molar-refractivity contribution < 1.29 is 4.79 Å². The predicted octanol–water partition coefficient (Wildman–Crippen LogP) is 5.18. The van der Waals surface area contributed by atoms with Crippen molar-refractivity contribution in [2.75, 3.05) is 11.1 Å². The Hall–Kier alpha value is -1.74. The van der Waals surface area contributed by atoms with Gasteiger partial charge in [-0.15, -0.1) is 0 Å². The molecular weight excluding hydrogens is 389 g/mol. The van der Waals surface area contributed by atoms with E-state index in [1.165, 1.54) is 17.3 Å². The molecule has 1 N–H and O–H groups in total. The molecule has 0 aliphatic heterocycles. The molecule has 0 saturated carbocycles. The van der Waals surface area contributed by atoms with E-state index in [0.29, 0.717) is 26.3 Å². The summed E-state index contributed by atoms with van der Waals surface area (Å²) in [7, 11) is 0. The van der Waals surface area contributed by atoms with Gasteiger partial charge < -0.3 is 5.32 Å². The van der Waals surface area contributed by atoms with E-state index in [0.717, 1.165) is 36.9 Å². The molecule has 0 saturated heterocycles. The van der Waals surface area contributed by atoms with Crippen molar-refractivity contribution in [3.05, 3.63) is 50.6 Å². The second-order valence-corrected chi connectivity index (χ2v) is 7.92. The number of hydrogen-bond acceptors (Lipinski definition) is 4. The zero-order valence-corrected chi connectivity index (χ0v) is 16.6. The standard InChI is InChI=1S/C19H17Cl2N3OS/c1-11-13-4-2-3-5-14(13)15(9-22)19(23-11)26-10-18(25)24-17-7-6-12(20)8-16(17)21/h6-8H,2-5,10H2,1H3,(H,24,25). The number of anilines is 1. The number of carbonyl (C=O) groups is 1. The predicted molar refractivity (Wildman–Crippen MR) is 106 cm³/mol. The van der Waals surface area contributed by atoms with Gasteiger partial charge in [-0.05, 0) is 61.9 Å². The summed E-state index contributed by atoms with van der Waals surface area (Å²) in [6.45, 7) is 1.98. The van der Waals surface area contributed by atoms with Crippen LogP contribution in [0, 0.1) is 18.3 Å². The van der Waals surface area contributed by atoms with E-state index in [1.54, 1.807) is 18.2 Å². The van der Waals surface area contributed by atoms with Gasteiger partial charge in [-0.2, -0.15) is 5.26 Å². The average Bonchev–Trinajstić information content (AvgIpc) is 2.62. The molecule has 134 valence electrons. The van der Waals surface area contributed by atoms with Crippen molar-refractivity contribution in [3.8, 4) is 6.07 Å². The molecular formula is C19H17Cl2N3OS. The lowest BCUT2D eigenvalue weighted by Crippen LogP contribution is -2.15. The van der Waals surface area contributed by atoms with E-state index in [-0.39, 0.29) is 11.7 Å². The number of amides is 1. The molecule has 4 nitrogen and oxygen atoms in total. The van der Waals surface area contributed by atoms with E-state index in [9.17, 15) is 10.1 Å². The highest BCUT2D eigenvalue weighted by Crippen LogP contribution is 2.32. The van der Waals surface area contributed by atoms with E-state index in [1.807, 2.05) is 6.92 Å². The number of thioether (sulfide) groups is 1. The summed E-state index contributed by atoms with van der Waals surface area (Å²) in [5.74, 6) is -0.0564. The van der Waals surface area contributed by atoms with Crippen molar-refractivity contribution in [1.29, 1.82) is 5.26 Å². The van der Waals surface area contributed by atoms with Gasteiger partial charge in [-0.3, -0.25) is 4.79 Å². The van der Waals surface area contributed by atoms with Crippen LogP contribution in [0.15, 0.2) is 23.2 Å². The third kappa shape index (κ3) is 4.15. The Balaban J connectivity index is 1.74. The number of hydrogen-bond donors (Lipinski definition) is 1. The molecule has 1 aromatic carbocycles. The van der Waals surface area contributed by atoms with Crippen molar-refractivity contribution in [1.82, 2.24) is 4.98 Å². The lowest BCUT2D eigenvalue weighted by molar-refractivity contribution is -0.113. The lowest BCUT2D eigenvalue weighted by atomic mass is 9.88. The summed E-state index contributed by atoms with van der Waals surface area (Å²) in [4.78, 5) is 16.8. The van der Waals surface area contributed by atoms with E-state index < -0.39 is 0 Å². The Labute approximate surface area is 166 Å². The van der Waals surface area contributed by atoms with Gasteiger partial charge in [0.2, 0.25) is 5.91 Å². The number of carbonyl (C=O) groups excluding carboxylic acids is 1. The van der Waals surface area contributed by atoms with Crippen molar-refractivity contribution in [2.45, 2.75) is 37.6 Å². The SMILES string of the molecule is Cc1nc(SCC(=O)Nc2ccc(Cl)cc2Cl)c(C#N)c2c1CCCC2. The van der Waals surface area contributed by atoms with E-state index in [4.69, 9.17) is 23.2 Å². The molecule has 0 fully saturated rings. The molecule has 2 aromatic rings. The van der Waals surface area contributed by atoms with Crippen molar-refractivity contribution in [3.63, 3.8) is 0 Å². The summed E-state index contributed by atoms with van der Waals surface area (Å²) in [5, 5.41) is 13.9. The maximum absolute atomic E-state index is 12.3. The van der Waals surface area contributed by atoms with Gasteiger partial charge in [0.1, 0.15) is 11.1 Å². The van der Waals surface area contributed by atoms with Crippen molar-refractivity contribution in [2.24, 2.45) is 0 Å². The fourth-order valence-corrected chi connectivity index (χ4v) is 4.43. The summed E-state index contributed by atoms with van der Waals surface area (Å²) in [5.41, 5.74) is 4.40. The molecule has 7 heteroatoms. The number of pyridine rings is 1. The Kier molecular flexibility index (Phi) is 6.08. The number of rotatable bonds is 4. The average molecular weight is 406 g/mol. The monoisotopic (exact) mass is 405 g/mol. The molecule has 0 bridgehead atoms. The molecule has 0 spiro atoms. The normalized spacial score (nSPS) is 13.0. The van der Waals surface area contributed by atoms with Gasteiger partial charge >= 0.3 is 0 Å². The largest absolute Gasteiger partial charge is 0.324 e. The minimum Gasteiger partial charge on any atom is -0.324 e. The van der Waals surface area contributed by atoms with Crippen LogP contribution >= 0.6 is 35.0 Å². The zero-order valence-electron chi connectivity index (χ0n) is 14.2. The first-order valence-corrected chi connectivity index (χ1v) is 10.0. The highest BCUT2D eigenvalue weighted by atomic mass is 35.5. The van der Waals surface area contributed by atoms with Crippen molar-refractivity contribution >= 4 is 46.6 Å². The number of nitrogens with one attached hydrogen (secondary N) is 1. The number of nitriles is 1. The van der Waals surface area contributed by atoms with Crippen LogP contribution in [0.25, 0.3) is 0 Å². The first-order chi connectivity index (χ1) is 12.5. The third-order valence-corrected chi connectivity index (χ3v) is 5.87. The summed E-state index contributed by atoms with van der Waals surface area (Å²) in [6.07, 6.45) is 4.10. The number of fused-ring (bicyclic) bond motifs is 1. The van der Waals surface area contributed by atoms with E-state index >= 15 is 0 Å². The second-order valence-electron chi connectivity index (χ2n) is 6.11. The van der Waals surface area contributed by atoms with Gasteiger partial charge in [-0.25, -0.2) is 4.98 Å². The number of aryl methyl sites for hydroxylation is 1. The fourth-order valence-electron chi connectivity index (χ4n) is 3.12. The molecule has 0 atom stereocenters. The van der Waals surface area contributed by atoms with Crippen LogP contribution in [0.5, 0.6) is 0 Å². The first-order valence-electron chi connectivity index (χ1n) is 8.29. The number of nitrogens with zero attached hydrogens (tertiary/aromatic N) is 2. The topological polar surface area (TPSA) is 65.8 Å². The van der Waals surface area contributed by atoms with Crippen LogP contribution in [0.2, 0.25) is 10.0 Å². The highest BCUT2D eigenvalue weighted by Gasteiger charge is 2.21. The smallest absolute Gasteiger partial charge is 0.234 e. The van der Waals surface area contributed by atoms with Gasteiger partial charge in [0.15, 0.2) is 0 Å². The Morgan fingerprint density at radius 2 is 2.04 bits per heavy atom. The molecule has 1 aromatic heterocycles. The summed E-state index contributed by atoms with van der Waals surface area (Å²) >= 11 is 13.2. The summed E-state index contributed by atoms with van der Waals surface area (Å²) in [6, 6.07) is 7.19. The molecule has 0 radical (unpaired) electrons. The number of halogens is 2. The quantitative estimate of drug-likeness (QED) is 0.711. The molecule has 1 heterocycles. The molecule has 1 aliphatic rings. The highest BCUT2D eigenvalue weighted by molar-refractivity contribution is 8.00. The van der Waals surface area contributed by atoms with Crippen LogP contribution in [0.4, 0.5) is 5.69 Å². The number of aromatic nitrogens is 1. The van der Waals surface area contributed by atoms with Gasteiger partial charge in [-0.1, -0.05) is 35.0 Å². The maximum atomic E-state index is 12.3. The summed E-state index contributed by atoms with van der Waals surface area (Å²) < 4.78 is 0. The fraction of sp³-hybridized carbons (Fsp3) is 0.316. The lowest BCUT2D eigenvalue weighted by Gasteiger charge is -2.20. The molecule has 1 aliphatic carbocycles. The third-order valence-electron chi connectivity index (χ3n) is 4.35. The number of benzene rings is 1. The molecule has 26 heavy (non-hydrogen) atoms. The second kappa shape index (κ2) is 8.30. The van der Waals surface area contributed by atoms with Crippen LogP contribution in [0.1, 0.15) is 35.2 Å². The Morgan fingerprint density at radius 1 is 1.31 bits per heavy atom. The minimum absolute atomic E-state index is 0.152. The molecule has 0 unspecified atom stereocenters. The first kappa shape index (κ1) is 19.0. The Morgan fingerprint density at radius 3 is 2.73 bits per heavy atom. The van der Waals surface area contributed by atoms with Gasteiger partial charge in [0, 0.05) is 10.7 Å². The van der Waals surface area contributed by atoms with Crippen LogP contribution < -0.4 is 5.32 Å². The van der Waals surface area contributed by atoms with Crippen LogP contribution in [0.3, 0.4) is 0 Å².